The van der Waals surface area contributed by atoms with E-state index in [2.05, 4.69) is 16.8 Å². The minimum Gasteiger partial charge on any atom is -0.214 e. The van der Waals surface area contributed by atoms with E-state index in [-0.39, 0.29) is 5.69 Å². The van der Waals surface area contributed by atoms with Gasteiger partial charge < -0.3 is 0 Å². The Morgan fingerprint density at radius 3 is 1.93 bits per heavy atom. The van der Waals surface area contributed by atoms with E-state index >= 15 is 0 Å². The van der Waals surface area contributed by atoms with Crippen molar-refractivity contribution in [3.8, 4) is 0 Å². The van der Waals surface area contributed by atoms with Crippen LogP contribution in [0.3, 0.4) is 0 Å². The van der Waals surface area contributed by atoms with Crippen molar-refractivity contribution < 1.29 is 21.6 Å². The third-order valence-corrected chi connectivity index (χ3v) is 3.27. The quantitative estimate of drug-likeness (QED) is 0.814. The number of alkyl halides is 3. The van der Waals surface area contributed by atoms with Gasteiger partial charge in [-0.1, -0.05) is 0 Å². The summed E-state index contributed by atoms with van der Waals surface area (Å²) in [7, 11) is -5.28. The van der Waals surface area contributed by atoms with Gasteiger partial charge >= 0.3 is 5.51 Å². The number of sulfone groups is 1. The van der Waals surface area contributed by atoms with Crippen molar-refractivity contribution in [2.24, 2.45) is 4.36 Å². The molecule has 3 nitrogen and oxygen atoms in total. The monoisotopic (exact) mass is 255 g/mol. The van der Waals surface area contributed by atoms with Crippen molar-refractivity contribution in [3.63, 3.8) is 0 Å². The molecule has 1 aromatic rings. The Balaban J connectivity index is 3.24. The first-order valence-corrected chi connectivity index (χ1v) is 5.38. The van der Waals surface area contributed by atoms with E-state index in [0.717, 1.165) is 24.3 Å². The molecule has 0 saturated heterocycles. The Bertz CT molecular complexity index is 464. The maximum atomic E-state index is 12.1. The zero-order chi connectivity index (χ0) is 11.7. The van der Waals surface area contributed by atoms with Crippen molar-refractivity contribution in [3.05, 3.63) is 24.3 Å². The summed E-state index contributed by atoms with van der Waals surface area (Å²) in [6.07, 6.45) is 0. The Labute approximate surface area is 89.0 Å². The fourth-order valence-corrected chi connectivity index (χ4v) is 1.70. The number of rotatable bonds is 2. The highest BCUT2D eigenvalue weighted by molar-refractivity contribution is 7.92. The van der Waals surface area contributed by atoms with Crippen LogP contribution in [-0.2, 0) is 22.3 Å². The van der Waals surface area contributed by atoms with Crippen LogP contribution >= 0.6 is 0 Å². The Morgan fingerprint density at radius 2 is 1.60 bits per heavy atom. The number of hydrogen-bond acceptors (Lipinski definition) is 4. The molecule has 8 heteroatoms. The van der Waals surface area contributed by atoms with Gasteiger partial charge in [-0.25, -0.2) is 8.42 Å². The van der Waals surface area contributed by atoms with Crippen molar-refractivity contribution in [1.29, 1.82) is 0 Å². The van der Waals surface area contributed by atoms with Crippen molar-refractivity contribution in [2.75, 3.05) is 0 Å². The summed E-state index contributed by atoms with van der Waals surface area (Å²) in [5.74, 6) is 0. The summed E-state index contributed by atoms with van der Waals surface area (Å²) in [6.45, 7) is 0. The van der Waals surface area contributed by atoms with Crippen LogP contribution in [0.4, 0.5) is 18.9 Å². The predicted molar refractivity (Wildman–Crippen MR) is 49.1 cm³/mol. The van der Waals surface area contributed by atoms with E-state index in [1.165, 1.54) is 0 Å². The molecular formula is C7H4F3NO2S2. The lowest BCUT2D eigenvalue weighted by molar-refractivity contribution is -0.0436. The third kappa shape index (κ3) is 2.32. The molecule has 15 heavy (non-hydrogen) atoms. The van der Waals surface area contributed by atoms with Crippen molar-refractivity contribution >= 4 is 27.9 Å². The number of benzene rings is 1. The molecule has 0 atom stereocenters. The molecule has 0 aromatic heterocycles. The van der Waals surface area contributed by atoms with E-state index in [0.29, 0.717) is 0 Å². The molecule has 0 bridgehead atoms. The van der Waals surface area contributed by atoms with E-state index in [4.69, 9.17) is 0 Å². The second kappa shape index (κ2) is 3.86. The molecule has 0 aliphatic rings. The lowest BCUT2D eigenvalue weighted by Gasteiger charge is -2.07. The summed E-state index contributed by atoms with van der Waals surface area (Å²) in [5.41, 5.74) is -5.06. The first-order valence-electron chi connectivity index (χ1n) is 3.54. The second-order valence-electron chi connectivity index (χ2n) is 2.53. The minimum atomic E-state index is -5.29. The van der Waals surface area contributed by atoms with Crippen molar-refractivity contribution in [2.45, 2.75) is 10.4 Å². The molecule has 0 amide bonds. The highest BCUT2D eigenvalue weighted by atomic mass is 32.2. The van der Waals surface area contributed by atoms with Gasteiger partial charge in [0.05, 0.1) is 10.6 Å². The molecule has 0 saturated carbocycles. The lowest BCUT2D eigenvalue weighted by Crippen LogP contribution is -2.23. The Hall–Kier alpha value is -1.02. The maximum Gasteiger partial charge on any atom is 0.501 e. The van der Waals surface area contributed by atoms with Gasteiger partial charge in [-0.3, -0.25) is 0 Å². The standard InChI is InChI=1S/C7H4F3NO2S2/c8-7(9,10)15(12,13)6-3-1-5(11-14)2-4-6/h1-4H. The van der Waals surface area contributed by atoms with E-state index in [1.54, 1.807) is 0 Å². The highest BCUT2D eigenvalue weighted by Gasteiger charge is 2.46. The molecule has 1 rings (SSSR count). The predicted octanol–water partition coefficient (Wildman–Crippen LogP) is 2.34. The normalized spacial score (nSPS) is 12.5. The maximum absolute atomic E-state index is 12.1. The van der Waals surface area contributed by atoms with Crippen LogP contribution in [0, 0.1) is 0 Å². The van der Waals surface area contributed by atoms with Crippen LogP contribution in [0.15, 0.2) is 33.5 Å². The average molecular weight is 255 g/mol. The number of nitrogens with zero attached hydrogens (tertiary/aromatic N) is 1. The van der Waals surface area contributed by atoms with E-state index in [1.807, 2.05) is 0 Å². The molecule has 0 N–H and O–H groups in total. The van der Waals surface area contributed by atoms with Gasteiger partial charge in [0, 0.05) is 12.4 Å². The van der Waals surface area contributed by atoms with Gasteiger partial charge in [0.2, 0.25) is 0 Å². The molecule has 0 radical (unpaired) electrons. The van der Waals surface area contributed by atoms with Gasteiger partial charge in [0.15, 0.2) is 0 Å². The summed E-state index contributed by atoms with van der Waals surface area (Å²) in [5, 5.41) is 0. The van der Waals surface area contributed by atoms with Gasteiger partial charge in [0.1, 0.15) is 0 Å². The molecule has 1 aromatic carbocycles. The number of halogens is 3. The Morgan fingerprint density at radius 1 is 1.13 bits per heavy atom. The lowest BCUT2D eigenvalue weighted by atomic mass is 10.3. The van der Waals surface area contributed by atoms with Crippen LogP contribution in [-0.4, -0.2) is 13.9 Å². The highest BCUT2D eigenvalue weighted by Crippen LogP contribution is 2.30. The molecule has 0 unspecified atom stereocenters. The molecule has 0 aliphatic carbocycles. The molecule has 0 spiro atoms. The topological polar surface area (TPSA) is 46.5 Å². The third-order valence-electron chi connectivity index (χ3n) is 1.56. The largest absolute Gasteiger partial charge is 0.501 e. The number of hydrogen-bond donors (Lipinski definition) is 0. The summed E-state index contributed by atoms with van der Waals surface area (Å²) in [6, 6.07) is 3.83. The van der Waals surface area contributed by atoms with Gasteiger partial charge in [-0.05, 0) is 24.3 Å². The minimum absolute atomic E-state index is 0.228. The molecule has 0 fully saturated rings. The van der Waals surface area contributed by atoms with Gasteiger partial charge in [0.25, 0.3) is 9.84 Å². The zero-order valence-corrected chi connectivity index (χ0v) is 8.66. The average Bonchev–Trinajstić information content (AvgIpc) is 2.16. The molecule has 0 aliphatic heterocycles. The van der Waals surface area contributed by atoms with Crippen LogP contribution in [0.1, 0.15) is 0 Å². The molecular weight excluding hydrogens is 251 g/mol. The van der Waals surface area contributed by atoms with Crippen LogP contribution in [0.5, 0.6) is 0 Å². The van der Waals surface area contributed by atoms with Crippen LogP contribution in [0.2, 0.25) is 0 Å². The summed E-state index contributed by atoms with van der Waals surface area (Å²) < 4.78 is 61.2. The van der Waals surface area contributed by atoms with Gasteiger partial charge in [-0.2, -0.15) is 17.5 Å². The first kappa shape index (κ1) is 12.1. The van der Waals surface area contributed by atoms with E-state index in [9.17, 15) is 21.6 Å². The second-order valence-corrected chi connectivity index (χ2v) is 4.66. The summed E-state index contributed by atoms with van der Waals surface area (Å²) >= 11 is 4.28. The van der Waals surface area contributed by atoms with Crippen molar-refractivity contribution in [1.82, 2.24) is 0 Å². The first-order chi connectivity index (χ1) is 6.79. The van der Waals surface area contributed by atoms with Gasteiger partial charge in [-0.15, -0.1) is 0 Å². The summed E-state index contributed by atoms with van der Waals surface area (Å²) in [4.78, 5) is -0.822. The van der Waals surface area contributed by atoms with E-state index < -0.39 is 20.2 Å². The fourth-order valence-electron chi connectivity index (χ4n) is 0.820. The van der Waals surface area contributed by atoms with Crippen LogP contribution in [0.25, 0.3) is 0 Å². The fraction of sp³-hybridized carbons (Fsp3) is 0.143. The molecule has 0 heterocycles. The SMILES string of the molecule is O=S(=O)(c1ccc(N=S)cc1)C(F)(F)F. The zero-order valence-electron chi connectivity index (χ0n) is 7.02. The smallest absolute Gasteiger partial charge is 0.214 e. The Kier molecular flexibility index (Phi) is 3.10. The molecule has 82 valence electrons. The van der Waals surface area contributed by atoms with Crippen LogP contribution < -0.4 is 0 Å².